The number of hydrogen-bond donors (Lipinski definition) is 2. The lowest BCUT2D eigenvalue weighted by molar-refractivity contribution is -0.114. The number of hydrogen-bond acceptors (Lipinski definition) is 5. The quantitative estimate of drug-likeness (QED) is 0.567. The maximum Gasteiger partial charge on any atom is 0.243 e. The number of ether oxygens (including phenoxy) is 3. The molecule has 0 aliphatic rings. The SMILES string of the molecule is COc1ccc(OC)c(NCC(=O)Nc2ccccc2OCc2ccccc2)c1. The van der Waals surface area contributed by atoms with E-state index in [4.69, 9.17) is 14.2 Å². The summed E-state index contributed by atoms with van der Waals surface area (Å²) in [5, 5.41) is 5.96. The summed E-state index contributed by atoms with van der Waals surface area (Å²) in [6.45, 7) is 0.490. The molecule has 0 saturated carbocycles. The van der Waals surface area contributed by atoms with Gasteiger partial charge in [-0.1, -0.05) is 42.5 Å². The number of rotatable bonds is 9. The van der Waals surface area contributed by atoms with Crippen LogP contribution in [-0.2, 0) is 11.4 Å². The summed E-state index contributed by atoms with van der Waals surface area (Å²) >= 11 is 0. The van der Waals surface area contributed by atoms with Crippen molar-refractivity contribution >= 4 is 17.3 Å². The molecule has 0 atom stereocenters. The Morgan fingerprint density at radius 1 is 0.828 bits per heavy atom. The van der Waals surface area contributed by atoms with Crippen molar-refractivity contribution in [1.29, 1.82) is 0 Å². The molecule has 1 amide bonds. The lowest BCUT2D eigenvalue weighted by Crippen LogP contribution is -2.22. The van der Waals surface area contributed by atoms with Crippen LogP contribution in [0.5, 0.6) is 17.2 Å². The van der Waals surface area contributed by atoms with Gasteiger partial charge in [-0.25, -0.2) is 0 Å². The molecular formula is C23H24N2O4. The van der Waals surface area contributed by atoms with Crippen LogP contribution in [0.3, 0.4) is 0 Å². The number of para-hydroxylation sites is 2. The van der Waals surface area contributed by atoms with Gasteiger partial charge in [-0.3, -0.25) is 4.79 Å². The largest absolute Gasteiger partial charge is 0.497 e. The van der Waals surface area contributed by atoms with E-state index in [1.165, 1.54) is 0 Å². The minimum Gasteiger partial charge on any atom is -0.497 e. The van der Waals surface area contributed by atoms with Crippen molar-refractivity contribution in [3.63, 3.8) is 0 Å². The molecule has 0 aliphatic carbocycles. The van der Waals surface area contributed by atoms with Gasteiger partial charge in [-0.15, -0.1) is 0 Å². The highest BCUT2D eigenvalue weighted by Gasteiger charge is 2.10. The van der Waals surface area contributed by atoms with Crippen LogP contribution in [0.1, 0.15) is 5.56 Å². The van der Waals surface area contributed by atoms with Gasteiger partial charge >= 0.3 is 0 Å². The van der Waals surface area contributed by atoms with E-state index < -0.39 is 0 Å². The van der Waals surface area contributed by atoms with Crippen LogP contribution in [0.2, 0.25) is 0 Å². The van der Waals surface area contributed by atoms with E-state index in [1.807, 2.05) is 54.6 Å². The first-order valence-corrected chi connectivity index (χ1v) is 9.21. The van der Waals surface area contributed by atoms with Gasteiger partial charge in [-0.2, -0.15) is 0 Å². The molecule has 0 heterocycles. The monoisotopic (exact) mass is 392 g/mol. The Labute approximate surface area is 170 Å². The van der Waals surface area contributed by atoms with Crippen molar-refractivity contribution in [2.75, 3.05) is 31.4 Å². The van der Waals surface area contributed by atoms with Crippen molar-refractivity contribution in [2.24, 2.45) is 0 Å². The highest BCUT2D eigenvalue weighted by Crippen LogP contribution is 2.29. The highest BCUT2D eigenvalue weighted by atomic mass is 16.5. The first-order valence-electron chi connectivity index (χ1n) is 9.21. The van der Waals surface area contributed by atoms with Gasteiger partial charge in [0.2, 0.25) is 5.91 Å². The Morgan fingerprint density at radius 2 is 1.59 bits per heavy atom. The summed E-state index contributed by atoms with van der Waals surface area (Å²) in [5.41, 5.74) is 2.35. The zero-order chi connectivity index (χ0) is 20.5. The van der Waals surface area contributed by atoms with E-state index in [9.17, 15) is 4.79 Å². The topological polar surface area (TPSA) is 68.8 Å². The minimum atomic E-state index is -0.203. The number of methoxy groups -OCH3 is 2. The number of carbonyl (C=O) groups excluding carboxylic acids is 1. The molecule has 0 unspecified atom stereocenters. The van der Waals surface area contributed by atoms with E-state index in [1.54, 1.807) is 32.4 Å². The molecule has 0 aliphatic heterocycles. The molecule has 3 rings (SSSR count). The Morgan fingerprint density at radius 3 is 2.34 bits per heavy atom. The Hall–Kier alpha value is -3.67. The van der Waals surface area contributed by atoms with Gasteiger partial charge in [0.05, 0.1) is 32.1 Å². The van der Waals surface area contributed by atoms with Crippen LogP contribution in [0.25, 0.3) is 0 Å². The van der Waals surface area contributed by atoms with Crippen molar-refractivity contribution < 1.29 is 19.0 Å². The standard InChI is InChI=1S/C23H24N2O4/c1-27-18-12-13-21(28-2)20(14-18)24-15-23(26)25-19-10-6-7-11-22(19)29-16-17-8-4-3-5-9-17/h3-14,24H,15-16H2,1-2H3,(H,25,26). The minimum absolute atomic E-state index is 0.0660. The lowest BCUT2D eigenvalue weighted by Gasteiger charge is -2.14. The van der Waals surface area contributed by atoms with Crippen LogP contribution >= 0.6 is 0 Å². The summed E-state index contributed by atoms with van der Waals surface area (Å²) in [6.07, 6.45) is 0. The van der Waals surface area contributed by atoms with Gasteiger partial charge in [0.25, 0.3) is 0 Å². The maximum absolute atomic E-state index is 12.5. The van der Waals surface area contributed by atoms with Gasteiger partial charge in [0.1, 0.15) is 23.9 Å². The van der Waals surface area contributed by atoms with Crippen LogP contribution in [0, 0.1) is 0 Å². The third-order valence-corrected chi connectivity index (χ3v) is 4.24. The molecule has 0 aromatic heterocycles. The molecule has 0 spiro atoms. The molecule has 3 aromatic rings. The van der Waals surface area contributed by atoms with Gasteiger partial charge in [0, 0.05) is 6.07 Å². The van der Waals surface area contributed by atoms with E-state index in [0.717, 1.165) is 5.56 Å². The fraction of sp³-hybridized carbons (Fsp3) is 0.174. The van der Waals surface area contributed by atoms with Crippen molar-refractivity contribution in [3.05, 3.63) is 78.4 Å². The third kappa shape index (κ3) is 5.65. The van der Waals surface area contributed by atoms with E-state index >= 15 is 0 Å². The summed E-state index contributed by atoms with van der Waals surface area (Å²) in [5.74, 6) is 1.72. The normalized spacial score (nSPS) is 10.1. The molecule has 2 N–H and O–H groups in total. The Balaban J connectivity index is 1.61. The zero-order valence-corrected chi connectivity index (χ0v) is 16.5. The predicted octanol–water partition coefficient (Wildman–Crippen LogP) is 4.33. The zero-order valence-electron chi connectivity index (χ0n) is 16.5. The fourth-order valence-electron chi connectivity index (χ4n) is 2.75. The van der Waals surface area contributed by atoms with Crippen LogP contribution in [0.15, 0.2) is 72.8 Å². The molecule has 29 heavy (non-hydrogen) atoms. The summed E-state index contributed by atoms with van der Waals surface area (Å²) < 4.78 is 16.4. The predicted molar refractivity (Wildman–Crippen MR) is 114 cm³/mol. The van der Waals surface area contributed by atoms with Crippen molar-refractivity contribution in [1.82, 2.24) is 0 Å². The molecule has 0 saturated heterocycles. The second kappa shape index (κ2) is 10.0. The van der Waals surface area contributed by atoms with E-state index in [0.29, 0.717) is 35.2 Å². The molecule has 0 fully saturated rings. The maximum atomic E-state index is 12.5. The number of nitrogens with one attached hydrogen (secondary N) is 2. The molecular weight excluding hydrogens is 368 g/mol. The Kier molecular flexibility index (Phi) is 6.95. The summed E-state index contributed by atoms with van der Waals surface area (Å²) in [4.78, 5) is 12.5. The molecule has 150 valence electrons. The number of amides is 1. The summed E-state index contributed by atoms with van der Waals surface area (Å²) in [7, 11) is 3.16. The van der Waals surface area contributed by atoms with E-state index in [-0.39, 0.29) is 12.5 Å². The highest BCUT2D eigenvalue weighted by molar-refractivity contribution is 5.95. The smallest absolute Gasteiger partial charge is 0.243 e. The first-order chi connectivity index (χ1) is 14.2. The van der Waals surface area contributed by atoms with Gasteiger partial charge in [0.15, 0.2) is 0 Å². The number of anilines is 2. The Bertz CT molecular complexity index is 945. The molecule has 3 aromatic carbocycles. The number of carbonyl (C=O) groups is 1. The first kappa shape index (κ1) is 20.1. The van der Waals surface area contributed by atoms with Crippen molar-refractivity contribution in [3.8, 4) is 17.2 Å². The second-order valence-corrected chi connectivity index (χ2v) is 6.24. The average Bonchev–Trinajstić information content (AvgIpc) is 2.77. The number of benzene rings is 3. The van der Waals surface area contributed by atoms with Crippen LogP contribution in [0.4, 0.5) is 11.4 Å². The molecule has 6 heteroatoms. The van der Waals surface area contributed by atoms with Crippen LogP contribution < -0.4 is 24.8 Å². The van der Waals surface area contributed by atoms with E-state index in [2.05, 4.69) is 10.6 Å². The van der Waals surface area contributed by atoms with Gasteiger partial charge < -0.3 is 24.8 Å². The summed E-state index contributed by atoms with van der Waals surface area (Å²) in [6, 6.07) is 22.6. The second-order valence-electron chi connectivity index (χ2n) is 6.24. The molecule has 0 bridgehead atoms. The average molecular weight is 392 g/mol. The lowest BCUT2D eigenvalue weighted by atomic mass is 10.2. The van der Waals surface area contributed by atoms with Crippen molar-refractivity contribution in [2.45, 2.75) is 6.61 Å². The van der Waals surface area contributed by atoms with Crippen LogP contribution in [-0.4, -0.2) is 26.7 Å². The fourth-order valence-corrected chi connectivity index (χ4v) is 2.75. The molecule has 0 radical (unpaired) electrons. The third-order valence-electron chi connectivity index (χ3n) is 4.24. The molecule has 6 nitrogen and oxygen atoms in total. The van der Waals surface area contributed by atoms with Gasteiger partial charge in [-0.05, 0) is 29.8 Å².